The maximum atomic E-state index is 14.5. The summed E-state index contributed by atoms with van der Waals surface area (Å²) in [6.07, 6.45) is 0. The third-order valence-corrected chi connectivity index (χ3v) is 3.54. The van der Waals surface area contributed by atoms with Crippen molar-refractivity contribution >= 4 is 23.0 Å². The van der Waals surface area contributed by atoms with E-state index in [0.29, 0.717) is 16.0 Å². The van der Waals surface area contributed by atoms with E-state index in [1.165, 1.54) is 6.07 Å². The first-order valence-electron chi connectivity index (χ1n) is 7.15. The Morgan fingerprint density at radius 1 is 0.783 bits per heavy atom. The van der Waals surface area contributed by atoms with Crippen LogP contribution in [0.25, 0.3) is 0 Å². The molecule has 2 nitrogen and oxygen atoms in total. The highest BCUT2D eigenvalue weighted by Crippen LogP contribution is 2.21. The number of hydrogen-bond acceptors (Lipinski definition) is 2. The van der Waals surface area contributed by atoms with Crippen LogP contribution in [-0.4, -0.2) is 5.71 Å². The van der Waals surface area contributed by atoms with Crippen molar-refractivity contribution in [3.8, 4) is 0 Å². The fourth-order valence-electron chi connectivity index (χ4n) is 2.21. The van der Waals surface area contributed by atoms with Gasteiger partial charge >= 0.3 is 0 Å². The van der Waals surface area contributed by atoms with E-state index < -0.39 is 0 Å². The molecule has 0 aliphatic heterocycles. The predicted molar refractivity (Wildman–Crippen MR) is 93.6 cm³/mol. The van der Waals surface area contributed by atoms with Crippen molar-refractivity contribution in [3.63, 3.8) is 0 Å². The van der Waals surface area contributed by atoms with Crippen molar-refractivity contribution in [3.05, 3.63) is 101 Å². The van der Waals surface area contributed by atoms with Gasteiger partial charge in [-0.05, 0) is 18.2 Å². The largest absolute Gasteiger partial charge is 0.141 e. The summed E-state index contributed by atoms with van der Waals surface area (Å²) in [7, 11) is 0. The molecule has 0 saturated carbocycles. The van der Waals surface area contributed by atoms with Gasteiger partial charge in [0.2, 0.25) is 0 Å². The normalized spacial score (nSPS) is 10.2. The monoisotopic (exact) mass is 324 g/mol. The number of halogens is 2. The summed E-state index contributed by atoms with van der Waals surface area (Å²) in [5.41, 5.74) is 2.50. The summed E-state index contributed by atoms with van der Waals surface area (Å²) in [4.78, 5) is 0. The van der Waals surface area contributed by atoms with Crippen molar-refractivity contribution in [2.24, 2.45) is 5.10 Å². The molecule has 114 valence electrons. The Labute approximate surface area is 139 Å². The Morgan fingerprint density at radius 3 is 1.87 bits per heavy atom. The van der Waals surface area contributed by atoms with Gasteiger partial charge < -0.3 is 0 Å². The first-order valence-corrected chi connectivity index (χ1v) is 7.53. The van der Waals surface area contributed by atoms with E-state index in [2.05, 4.69) is 5.10 Å². The minimum atomic E-state index is 0.280. The number of rotatable bonds is 4. The van der Waals surface area contributed by atoms with Gasteiger partial charge in [0.05, 0.1) is 5.69 Å². The van der Waals surface area contributed by atoms with Crippen molar-refractivity contribution in [2.75, 3.05) is 5.23 Å². The van der Waals surface area contributed by atoms with Crippen LogP contribution in [0, 0.1) is 0 Å². The van der Waals surface area contributed by atoms with E-state index in [9.17, 15) is 4.48 Å². The fourth-order valence-corrected chi connectivity index (χ4v) is 2.40. The van der Waals surface area contributed by atoms with E-state index in [-0.39, 0.29) is 5.69 Å². The third-order valence-electron chi connectivity index (χ3n) is 3.30. The Morgan fingerprint density at radius 2 is 1.35 bits per heavy atom. The Kier molecular flexibility index (Phi) is 4.69. The molecular formula is C19H14ClFN2. The van der Waals surface area contributed by atoms with Gasteiger partial charge in [-0.15, -0.1) is 5.10 Å². The van der Waals surface area contributed by atoms with E-state index >= 15 is 0 Å². The molecule has 0 bridgehead atoms. The molecule has 0 radical (unpaired) electrons. The molecule has 0 amide bonds. The van der Waals surface area contributed by atoms with Crippen LogP contribution < -0.4 is 5.23 Å². The molecule has 0 heterocycles. The summed E-state index contributed by atoms with van der Waals surface area (Å²) in [6, 6.07) is 25.5. The molecular weight excluding hydrogens is 311 g/mol. The molecule has 0 atom stereocenters. The predicted octanol–water partition coefficient (Wildman–Crippen LogP) is 5.48. The summed E-state index contributed by atoms with van der Waals surface area (Å²) in [6.45, 7) is 0. The summed E-state index contributed by atoms with van der Waals surface area (Å²) in [5.74, 6) is 0. The van der Waals surface area contributed by atoms with E-state index in [1.54, 1.807) is 18.2 Å². The van der Waals surface area contributed by atoms with Gasteiger partial charge in [-0.2, -0.15) is 0 Å². The first kappa shape index (κ1) is 15.3. The number of nitrogens with zero attached hydrogens (tertiary/aromatic N) is 2. The van der Waals surface area contributed by atoms with Crippen LogP contribution in [0.2, 0.25) is 5.02 Å². The second-order valence-electron chi connectivity index (χ2n) is 4.92. The molecule has 0 unspecified atom stereocenters. The van der Waals surface area contributed by atoms with Gasteiger partial charge in [-0.1, -0.05) is 88.0 Å². The first-order chi connectivity index (χ1) is 11.2. The minimum Gasteiger partial charge on any atom is -0.141 e. The van der Waals surface area contributed by atoms with Crippen LogP contribution in [0.1, 0.15) is 11.1 Å². The topological polar surface area (TPSA) is 15.6 Å². The quantitative estimate of drug-likeness (QED) is 0.352. The molecule has 0 N–H and O–H groups in total. The second-order valence-corrected chi connectivity index (χ2v) is 5.36. The number of anilines is 1. The number of benzene rings is 3. The van der Waals surface area contributed by atoms with Crippen LogP contribution in [0.5, 0.6) is 0 Å². The molecule has 0 fully saturated rings. The SMILES string of the molecule is FN(N=C(c1ccccc1)c1ccccc1)c1cccc(Cl)c1. The second kappa shape index (κ2) is 7.07. The number of hydrogen-bond donors (Lipinski definition) is 0. The number of hydrazone groups is 1. The Hall–Kier alpha value is -2.65. The van der Waals surface area contributed by atoms with Crippen LogP contribution in [0.3, 0.4) is 0 Å². The molecule has 0 saturated heterocycles. The smallest absolute Gasteiger partial charge is 0.101 e. The summed E-state index contributed by atoms with van der Waals surface area (Å²) < 4.78 is 14.5. The lowest BCUT2D eigenvalue weighted by molar-refractivity contribution is 0.447. The Bertz CT molecular complexity index is 762. The highest BCUT2D eigenvalue weighted by atomic mass is 35.5. The fraction of sp³-hybridized carbons (Fsp3) is 0. The van der Waals surface area contributed by atoms with Crippen LogP contribution >= 0.6 is 11.6 Å². The maximum absolute atomic E-state index is 14.5. The zero-order chi connectivity index (χ0) is 16.1. The van der Waals surface area contributed by atoms with Gasteiger partial charge in [0, 0.05) is 16.1 Å². The highest BCUT2D eigenvalue weighted by Gasteiger charge is 2.11. The van der Waals surface area contributed by atoms with Crippen molar-refractivity contribution in [2.45, 2.75) is 0 Å². The van der Waals surface area contributed by atoms with Gasteiger partial charge in [0.15, 0.2) is 0 Å². The average molecular weight is 325 g/mol. The van der Waals surface area contributed by atoms with Gasteiger partial charge in [-0.25, -0.2) is 0 Å². The summed E-state index contributed by atoms with van der Waals surface area (Å²) in [5, 5.41) is 4.96. The molecule has 23 heavy (non-hydrogen) atoms. The van der Waals surface area contributed by atoms with Crippen LogP contribution in [0.15, 0.2) is 90.0 Å². The van der Waals surface area contributed by atoms with Crippen molar-refractivity contribution in [1.82, 2.24) is 0 Å². The molecule has 0 spiro atoms. The lowest BCUT2D eigenvalue weighted by Gasteiger charge is -2.12. The third kappa shape index (κ3) is 3.76. The zero-order valence-corrected chi connectivity index (χ0v) is 13.0. The van der Waals surface area contributed by atoms with E-state index in [0.717, 1.165) is 11.1 Å². The van der Waals surface area contributed by atoms with Crippen LogP contribution in [0.4, 0.5) is 10.2 Å². The lowest BCUT2D eigenvalue weighted by atomic mass is 10.0. The molecule has 3 aromatic carbocycles. The molecule has 4 heteroatoms. The maximum Gasteiger partial charge on any atom is 0.101 e. The summed E-state index contributed by atoms with van der Waals surface area (Å²) >= 11 is 5.92. The minimum absolute atomic E-state index is 0.280. The average Bonchev–Trinajstić information content (AvgIpc) is 2.61. The molecule has 3 aromatic rings. The van der Waals surface area contributed by atoms with E-state index in [1.807, 2.05) is 60.7 Å². The zero-order valence-electron chi connectivity index (χ0n) is 12.2. The highest BCUT2D eigenvalue weighted by molar-refractivity contribution is 6.30. The van der Waals surface area contributed by atoms with E-state index in [4.69, 9.17) is 11.6 Å². The molecule has 0 aromatic heterocycles. The molecule has 0 aliphatic carbocycles. The lowest BCUT2D eigenvalue weighted by Crippen LogP contribution is -2.11. The standard InChI is InChI=1S/C19H14ClFN2/c20-17-12-7-13-18(14-17)23(21)22-19(15-8-3-1-4-9-15)16-10-5-2-6-11-16/h1-14H. The van der Waals surface area contributed by atoms with Gasteiger partial charge in [0.25, 0.3) is 0 Å². The Balaban J connectivity index is 2.05. The molecule has 0 aliphatic rings. The van der Waals surface area contributed by atoms with Crippen LogP contribution in [-0.2, 0) is 0 Å². The van der Waals surface area contributed by atoms with Gasteiger partial charge in [0.1, 0.15) is 5.71 Å². The van der Waals surface area contributed by atoms with Crippen molar-refractivity contribution < 1.29 is 4.48 Å². The van der Waals surface area contributed by atoms with Crippen molar-refractivity contribution in [1.29, 1.82) is 0 Å². The van der Waals surface area contributed by atoms with Gasteiger partial charge in [-0.3, -0.25) is 0 Å². The molecule has 3 rings (SSSR count).